The van der Waals surface area contributed by atoms with Crippen molar-refractivity contribution in [3.8, 4) is 6.07 Å². The largest absolute Gasteiger partial charge is 0.311 e. The summed E-state index contributed by atoms with van der Waals surface area (Å²) in [7, 11) is -3.25. The highest BCUT2D eigenvalue weighted by Gasteiger charge is 2.74. The van der Waals surface area contributed by atoms with E-state index in [1.54, 1.807) is 0 Å². The number of hydrogen-bond acceptors (Lipinski definition) is 3. The second-order valence-corrected chi connectivity index (χ2v) is 12.1. The van der Waals surface area contributed by atoms with Gasteiger partial charge in [-0.05, 0) is 50.0 Å². The SMILES string of the molecule is CC(C)N1[C@@H]2[C@H]3CC[C@@](C)([C@@H]2OP1(=O)[C@H](C#N)Cc1ccccc1)C3(C)C. The molecule has 0 amide bonds. The van der Waals surface area contributed by atoms with Gasteiger partial charge in [0.15, 0.2) is 0 Å². The molecular formula is C22H31N2O2P. The van der Waals surface area contributed by atoms with Crippen LogP contribution in [0.4, 0.5) is 0 Å². The van der Waals surface area contributed by atoms with Crippen LogP contribution in [0.3, 0.4) is 0 Å². The van der Waals surface area contributed by atoms with Crippen LogP contribution in [0.25, 0.3) is 0 Å². The summed E-state index contributed by atoms with van der Waals surface area (Å²) in [6, 6.07) is 12.5. The van der Waals surface area contributed by atoms with Gasteiger partial charge in [-0.1, -0.05) is 51.1 Å². The molecule has 1 heterocycles. The lowest BCUT2D eigenvalue weighted by Gasteiger charge is -2.39. The Morgan fingerprint density at radius 1 is 1.30 bits per heavy atom. The van der Waals surface area contributed by atoms with Crippen LogP contribution >= 0.6 is 7.52 Å². The van der Waals surface area contributed by atoms with Crippen LogP contribution in [-0.4, -0.2) is 28.5 Å². The normalized spacial score (nSPS) is 40.9. The lowest BCUT2D eigenvalue weighted by Crippen LogP contribution is -2.44. The summed E-state index contributed by atoms with van der Waals surface area (Å²) in [5, 5.41) is 9.96. The van der Waals surface area contributed by atoms with Gasteiger partial charge in [-0.2, -0.15) is 5.26 Å². The molecule has 1 saturated heterocycles. The standard InChI is InChI=1S/C22H31N2O2P/c1-15(2)24-19-18-11-12-22(5,21(18,3)4)20(19)26-27(24,25)17(14-23)13-16-9-7-6-8-10-16/h6-10,15,17-20H,11-13H2,1-5H3/t17-,18+,19+,20+,22-,27?/m0/s1. The van der Waals surface area contributed by atoms with Crippen LogP contribution in [0.15, 0.2) is 30.3 Å². The van der Waals surface area contributed by atoms with E-state index in [1.807, 2.05) is 30.3 Å². The van der Waals surface area contributed by atoms with Gasteiger partial charge in [0, 0.05) is 17.5 Å². The lowest BCUT2D eigenvalue weighted by molar-refractivity contribution is 0.0356. The smallest absolute Gasteiger partial charge is 0.290 e. The zero-order chi connectivity index (χ0) is 19.6. The van der Waals surface area contributed by atoms with Crippen LogP contribution in [0, 0.1) is 28.1 Å². The number of fused-ring (bicyclic) bond motifs is 5. The first-order valence-electron chi connectivity index (χ1n) is 10.2. The molecule has 1 aromatic rings. The Bertz CT molecular complexity index is 815. The Kier molecular flexibility index (Phi) is 4.39. The maximum absolute atomic E-state index is 14.3. The van der Waals surface area contributed by atoms with Crippen molar-refractivity contribution in [1.29, 1.82) is 5.26 Å². The van der Waals surface area contributed by atoms with Crippen molar-refractivity contribution in [2.45, 2.75) is 77.7 Å². The van der Waals surface area contributed by atoms with Crippen LogP contribution in [0.5, 0.6) is 0 Å². The van der Waals surface area contributed by atoms with Crippen molar-refractivity contribution in [2.75, 3.05) is 0 Å². The third kappa shape index (κ3) is 2.45. The lowest BCUT2D eigenvalue weighted by atomic mass is 9.70. The van der Waals surface area contributed by atoms with Gasteiger partial charge in [-0.15, -0.1) is 0 Å². The number of nitriles is 1. The molecule has 2 bridgehead atoms. The van der Waals surface area contributed by atoms with Crippen molar-refractivity contribution in [3.63, 3.8) is 0 Å². The summed E-state index contributed by atoms with van der Waals surface area (Å²) < 4.78 is 22.9. The van der Waals surface area contributed by atoms with E-state index in [0.29, 0.717) is 12.3 Å². The van der Waals surface area contributed by atoms with E-state index in [-0.39, 0.29) is 29.0 Å². The van der Waals surface area contributed by atoms with Gasteiger partial charge in [0.25, 0.3) is 7.52 Å². The van der Waals surface area contributed by atoms with Crippen LogP contribution in [-0.2, 0) is 15.5 Å². The van der Waals surface area contributed by atoms with Gasteiger partial charge in [0.05, 0.1) is 12.2 Å². The molecule has 3 fully saturated rings. The van der Waals surface area contributed by atoms with Gasteiger partial charge in [-0.25, -0.2) is 4.67 Å². The Morgan fingerprint density at radius 2 is 1.96 bits per heavy atom. The van der Waals surface area contributed by atoms with Crippen molar-refractivity contribution in [2.24, 2.45) is 16.7 Å². The van der Waals surface area contributed by atoms with Crippen molar-refractivity contribution >= 4 is 7.52 Å². The average molecular weight is 386 g/mol. The Hall–Kier alpha value is -1.14. The van der Waals surface area contributed by atoms with E-state index in [9.17, 15) is 9.83 Å². The fourth-order valence-electron chi connectivity index (χ4n) is 6.13. The maximum Gasteiger partial charge on any atom is 0.290 e. The Labute approximate surface area is 163 Å². The third-order valence-electron chi connectivity index (χ3n) is 7.96. The molecule has 5 heteroatoms. The molecule has 27 heavy (non-hydrogen) atoms. The zero-order valence-corrected chi connectivity index (χ0v) is 17.9. The molecule has 146 valence electrons. The number of nitrogens with zero attached hydrogens (tertiary/aromatic N) is 2. The first-order valence-corrected chi connectivity index (χ1v) is 11.8. The topological polar surface area (TPSA) is 53.3 Å². The predicted molar refractivity (Wildman–Crippen MR) is 107 cm³/mol. The average Bonchev–Trinajstić information content (AvgIpc) is 3.12. The molecule has 0 radical (unpaired) electrons. The second kappa shape index (κ2) is 6.18. The molecule has 1 aromatic carbocycles. The summed E-state index contributed by atoms with van der Waals surface area (Å²) in [5.41, 5.74) is 0.605. The minimum atomic E-state index is -3.25. The second-order valence-electron chi connectivity index (χ2n) is 9.67. The molecule has 6 atom stereocenters. The Balaban J connectivity index is 1.73. The highest BCUT2D eigenvalue weighted by atomic mass is 31.2. The number of rotatable bonds is 4. The first kappa shape index (κ1) is 19.2. The van der Waals surface area contributed by atoms with E-state index in [0.717, 1.165) is 18.4 Å². The van der Waals surface area contributed by atoms with Gasteiger partial charge in [0.1, 0.15) is 5.66 Å². The molecule has 4 nitrogen and oxygen atoms in total. The summed E-state index contributed by atoms with van der Waals surface area (Å²) in [6.45, 7) is 11.2. The van der Waals surface area contributed by atoms with Crippen LogP contribution < -0.4 is 0 Å². The van der Waals surface area contributed by atoms with E-state index in [1.165, 1.54) is 0 Å². The van der Waals surface area contributed by atoms with Gasteiger partial charge in [-0.3, -0.25) is 4.57 Å². The van der Waals surface area contributed by atoms with E-state index in [4.69, 9.17) is 4.52 Å². The molecule has 0 N–H and O–H groups in total. The highest BCUT2D eigenvalue weighted by molar-refractivity contribution is 7.58. The van der Waals surface area contributed by atoms with Crippen LogP contribution in [0.2, 0.25) is 0 Å². The van der Waals surface area contributed by atoms with Crippen molar-refractivity contribution in [3.05, 3.63) is 35.9 Å². The quantitative estimate of drug-likeness (QED) is 0.663. The van der Waals surface area contributed by atoms with Gasteiger partial charge in [0.2, 0.25) is 0 Å². The molecule has 2 aliphatic carbocycles. The summed E-state index contributed by atoms with van der Waals surface area (Å²) >= 11 is 0. The first-order chi connectivity index (χ1) is 12.7. The van der Waals surface area contributed by atoms with Gasteiger partial charge >= 0.3 is 0 Å². The molecular weight excluding hydrogens is 355 g/mol. The fourth-order valence-corrected chi connectivity index (χ4v) is 9.28. The summed E-state index contributed by atoms with van der Waals surface area (Å²) in [6.07, 6.45) is 2.72. The molecule has 1 aliphatic heterocycles. The van der Waals surface area contributed by atoms with Crippen LogP contribution in [0.1, 0.15) is 53.0 Å². The minimum Gasteiger partial charge on any atom is -0.311 e. The Morgan fingerprint density at radius 3 is 2.56 bits per heavy atom. The number of benzene rings is 1. The monoisotopic (exact) mass is 386 g/mol. The highest BCUT2D eigenvalue weighted by Crippen LogP contribution is 2.77. The van der Waals surface area contributed by atoms with Crippen molar-refractivity contribution < 1.29 is 9.09 Å². The molecule has 3 aliphatic rings. The third-order valence-corrected chi connectivity index (χ3v) is 10.9. The van der Waals surface area contributed by atoms with E-state index < -0.39 is 13.2 Å². The predicted octanol–water partition coefficient (Wildman–Crippen LogP) is 5.25. The molecule has 2 saturated carbocycles. The minimum absolute atomic E-state index is 0.0222. The molecule has 0 aromatic heterocycles. The van der Waals surface area contributed by atoms with E-state index >= 15 is 0 Å². The summed E-state index contributed by atoms with van der Waals surface area (Å²) in [5.74, 6) is 0.474. The molecule has 0 spiro atoms. The zero-order valence-electron chi connectivity index (χ0n) is 17.1. The molecule has 1 unspecified atom stereocenters. The summed E-state index contributed by atoms with van der Waals surface area (Å²) in [4.78, 5) is 0. The van der Waals surface area contributed by atoms with Gasteiger partial charge < -0.3 is 4.52 Å². The fraction of sp³-hybridized carbons (Fsp3) is 0.682. The van der Waals surface area contributed by atoms with Crippen molar-refractivity contribution in [1.82, 2.24) is 4.67 Å². The maximum atomic E-state index is 14.3. The number of hydrogen-bond donors (Lipinski definition) is 0. The van der Waals surface area contributed by atoms with E-state index in [2.05, 4.69) is 45.4 Å². The molecule has 4 rings (SSSR count).